The molecule has 0 aromatic heterocycles. The van der Waals surface area contributed by atoms with Crippen molar-refractivity contribution in [2.24, 2.45) is 0 Å². The molecule has 2 aromatic carbocycles. The van der Waals surface area contributed by atoms with Crippen LogP contribution in [0.5, 0.6) is 17.2 Å². The summed E-state index contributed by atoms with van der Waals surface area (Å²) in [6.07, 6.45) is -0.637. The van der Waals surface area contributed by atoms with Crippen molar-refractivity contribution < 1.29 is 19.0 Å². The smallest absolute Gasteiger partial charge is 0.261 e. The number of amides is 1. The fourth-order valence-electron chi connectivity index (χ4n) is 2.27. The van der Waals surface area contributed by atoms with Gasteiger partial charge in [0.25, 0.3) is 5.91 Å². The van der Waals surface area contributed by atoms with E-state index in [4.69, 9.17) is 14.2 Å². The summed E-state index contributed by atoms with van der Waals surface area (Å²) in [5, 5.41) is 2.95. The molecule has 24 heavy (non-hydrogen) atoms. The molecule has 0 radical (unpaired) electrons. The van der Waals surface area contributed by atoms with Crippen LogP contribution in [0, 0.1) is 0 Å². The minimum atomic E-state index is -0.637. The average molecular weight is 329 g/mol. The van der Waals surface area contributed by atoms with Crippen molar-refractivity contribution in [1.29, 1.82) is 0 Å². The molecular weight excluding hydrogens is 306 g/mol. The zero-order chi connectivity index (χ0) is 17.5. The molecule has 0 aliphatic rings. The summed E-state index contributed by atoms with van der Waals surface area (Å²) in [6, 6.07) is 14.7. The number of nitrogens with one attached hydrogen (secondary N) is 1. The Morgan fingerprint density at radius 2 is 1.54 bits per heavy atom. The van der Waals surface area contributed by atoms with E-state index in [1.165, 1.54) is 0 Å². The van der Waals surface area contributed by atoms with E-state index in [-0.39, 0.29) is 11.9 Å². The average Bonchev–Trinajstić information content (AvgIpc) is 2.62. The molecule has 0 bridgehead atoms. The molecule has 2 aromatic rings. The van der Waals surface area contributed by atoms with Crippen molar-refractivity contribution >= 4 is 5.91 Å². The molecule has 5 heteroatoms. The van der Waals surface area contributed by atoms with Crippen molar-refractivity contribution in [2.75, 3.05) is 14.2 Å². The quantitative estimate of drug-likeness (QED) is 0.846. The van der Waals surface area contributed by atoms with E-state index in [1.807, 2.05) is 43.3 Å². The third-order valence-electron chi connectivity index (χ3n) is 3.72. The van der Waals surface area contributed by atoms with Gasteiger partial charge in [0.2, 0.25) is 0 Å². The van der Waals surface area contributed by atoms with Crippen LogP contribution in [0.2, 0.25) is 0 Å². The maximum Gasteiger partial charge on any atom is 0.261 e. The first-order chi connectivity index (χ1) is 11.5. The summed E-state index contributed by atoms with van der Waals surface area (Å²) in [5.41, 5.74) is 0.994. The number of rotatable bonds is 7. The Labute approximate surface area is 142 Å². The number of carbonyl (C=O) groups excluding carboxylic acids is 1. The number of hydrogen-bond acceptors (Lipinski definition) is 4. The fourth-order valence-corrected chi connectivity index (χ4v) is 2.27. The lowest BCUT2D eigenvalue weighted by atomic mass is 10.1. The lowest BCUT2D eigenvalue weighted by Crippen LogP contribution is -2.37. The molecule has 2 atom stereocenters. The second-order valence-corrected chi connectivity index (χ2v) is 5.41. The van der Waals surface area contributed by atoms with Gasteiger partial charge in [0.05, 0.1) is 20.3 Å². The summed E-state index contributed by atoms with van der Waals surface area (Å²) in [6.45, 7) is 3.64. The Balaban J connectivity index is 1.97. The highest BCUT2D eigenvalue weighted by Gasteiger charge is 2.19. The van der Waals surface area contributed by atoms with Crippen LogP contribution >= 0.6 is 0 Å². The molecule has 0 aliphatic heterocycles. The number of ether oxygens (including phenoxy) is 3. The van der Waals surface area contributed by atoms with Gasteiger partial charge < -0.3 is 19.5 Å². The summed E-state index contributed by atoms with van der Waals surface area (Å²) in [7, 11) is 3.19. The van der Waals surface area contributed by atoms with Crippen LogP contribution < -0.4 is 19.5 Å². The van der Waals surface area contributed by atoms with E-state index < -0.39 is 6.10 Å². The molecule has 0 aliphatic carbocycles. The third-order valence-corrected chi connectivity index (χ3v) is 3.72. The molecular formula is C19H23NO4. The van der Waals surface area contributed by atoms with Gasteiger partial charge in [-0.25, -0.2) is 0 Å². The molecule has 0 heterocycles. The van der Waals surface area contributed by atoms with Crippen molar-refractivity contribution in [1.82, 2.24) is 5.32 Å². The minimum Gasteiger partial charge on any atom is -0.497 e. The predicted octanol–water partition coefficient (Wildman–Crippen LogP) is 3.35. The standard InChI is InChI=1S/C19H23NO4/c1-13(15-9-11-16(22-3)12-10-15)20-19(21)14(2)24-18-8-6-5-7-17(18)23-4/h5-14H,1-4H3,(H,20,21)/t13-,14+/m1/s1. The topological polar surface area (TPSA) is 56.8 Å². The van der Waals surface area contributed by atoms with Gasteiger partial charge in [-0.3, -0.25) is 4.79 Å². The first kappa shape index (κ1) is 17.7. The van der Waals surface area contributed by atoms with Crippen LogP contribution in [0.1, 0.15) is 25.5 Å². The molecule has 0 spiro atoms. The van der Waals surface area contributed by atoms with Crippen molar-refractivity contribution in [2.45, 2.75) is 26.0 Å². The highest BCUT2D eigenvalue weighted by Crippen LogP contribution is 2.27. The number of hydrogen-bond donors (Lipinski definition) is 1. The van der Waals surface area contributed by atoms with Crippen LogP contribution in [-0.4, -0.2) is 26.2 Å². The van der Waals surface area contributed by atoms with E-state index in [0.29, 0.717) is 11.5 Å². The molecule has 0 saturated heterocycles. The predicted molar refractivity (Wildman–Crippen MR) is 92.6 cm³/mol. The Kier molecular flexibility index (Phi) is 6.07. The summed E-state index contributed by atoms with van der Waals surface area (Å²) < 4.78 is 16.1. The van der Waals surface area contributed by atoms with Gasteiger partial charge in [-0.15, -0.1) is 0 Å². The van der Waals surface area contributed by atoms with Crippen molar-refractivity contribution in [3.8, 4) is 17.2 Å². The molecule has 0 saturated carbocycles. The van der Waals surface area contributed by atoms with Gasteiger partial charge in [-0.1, -0.05) is 24.3 Å². The van der Waals surface area contributed by atoms with Crippen LogP contribution in [0.3, 0.4) is 0 Å². The summed E-state index contributed by atoms with van der Waals surface area (Å²) >= 11 is 0. The summed E-state index contributed by atoms with van der Waals surface area (Å²) in [5.74, 6) is 1.73. The summed E-state index contributed by atoms with van der Waals surface area (Å²) in [4.78, 5) is 12.4. The normalized spacial score (nSPS) is 12.8. The molecule has 1 amide bonds. The number of carbonyl (C=O) groups is 1. The monoisotopic (exact) mass is 329 g/mol. The minimum absolute atomic E-state index is 0.132. The van der Waals surface area contributed by atoms with Gasteiger partial charge in [-0.05, 0) is 43.7 Å². The Hall–Kier alpha value is -2.69. The zero-order valence-electron chi connectivity index (χ0n) is 14.4. The van der Waals surface area contributed by atoms with E-state index >= 15 is 0 Å². The second kappa shape index (κ2) is 8.24. The van der Waals surface area contributed by atoms with Gasteiger partial charge in [-0.2, -0.15) is 0 Å². The first-order valence-electron chi connectivity index (χ1n) is 7.79. The number of methoxy groups -OCH3 is 2. The van der Waals surface area contributed by atoms with Crippen LogP contribution in [0.4, 0.5) is 0 Å². The van der Waals surface area contributed by atoms with Gasteiger partial charge in [0, 0.05) is 0 Å². The van der Waals surface area contributed by atoms with Crippen LogP contribution in [-0.2, 0) is 4.79 Å². The van der Waals surface area contributed by atoms with Crippen LogP contribution in [0.15, 0.2) is 48.5 Å². The van der Waals surface area contributed by atoms with E-state index in [9.17, 15) is 4.79 Å². The largest absolute Gasteiger partial charge is 0.497 e. The highest BCUT2D eigenvalue weighted by atomic mass is 16.5. The number of para-hydroxylation sites is 2. The molecule has 2 rings (SSSR count). The van der Waals surface area contributed by atoms with E-state index in [2.05, 4.69) is 5.32 Å². The maximum absolute atomic E-state index is 12.4. The molecule has 0 fully saturated rings. The molecule has 1 N–H and O–H groups in total. The van der Waals surface area contributed by atoms with Gasteiger partial charge >= 0.3 is 0 Å². The molecule has 0 unspecified atom stereocenters. The zero-order valence-corrected chi connectivity index (χ0v) is 14.4. The van der Waals surface area contributed by atoms with E-state index in [1.54, 1.807) is 33.3 Å². The lowest BCUT2D eigenvalue weighted by molar-refractivity contribution is -0.127. The highest BCUT2D eigenvalue weighted by molar-refractivity contribution is 5.81. The van der Waals surface area contributed by atoms with Crippen molar-refractivity contribution in [3.63, 3.8) is 0 Å². The lowest BCUT2D eigenvalue weighted by Gasteiger charge is -2.20. The first-order valence-corrected chi connectivity index (χ1v) is 7.79. The fraction of sp³-hybridized carbons (Fsp3) is 0.316. The van der Waals surface area contributed by atoms with E-state index in [0.717, 1.165) is 11.3 Å². The van der Waals surface area contributed by atoms with Crippen LogP contribution in [0.25, 0.3) is 0 Å². The molecule has 128 valence electrons. The van der Waals surface area contributed by atoms with Gasteiger partial charge in [0.15, 0.2) is 17.6 Å². The van der Waals surface area contributed by atoms with Crippen molar-refractivity contribution in [3.05, 3.63) is 54.1 Å². The third kappa shape index (κ3) is 4.41. The maximum atomic E-state index is 12.4. The Bertz CT molecular complexity index is 669. The number of benzene rings is 2. The Morgan fingerprint density at radius 1 is 0.917 bits per heavy atom. The Morgan fingerprint density at radius 3 is 2.12 bits per heavy atom. The second-order valence-electron chi connectivity index (χ2n) is 5.41. The molecule has 5 nitrogen and oxygen atoms in total. The van der Waals surface area contributed by atoms with Gasteiger partial charge in [0.1, 0.15) is 5.75 Å². The SMILES string of the molecule is COc1ccc([C@@H](C)NC(=O)[C@H](C)Oc2ccccc2OC)cc1.